The Bertz CT molecular complexity index is 1020. The topological polar surface area (TPSA) is 81.2 Å². The van der Waals surface area contributed by atoms with E-state index in [0.717, 1.165) is 42.5 Å². The van der Waals surface area contributed by atoms with Crippen molar-refractivity contribution in [3.8, 4) is 22.9 Å². The van der Waals surface area contributed by atoms with Crippen molar-refractivity contribution < 1.29 is 9.47 Å². The van der Waals surface area contributed by atoms with Gasteiger partial charge in [-0.3, -0.25) is 0 Å². The predicted octanol–water partition coefficient (Wildman–Crippen LogP) is 4.27. The van der Waals surface area contributed by atoms with Crippen molar-refractivity contribution in [2.24, 2.45) is 5.92 Å². The molecule has 2 N–H and O–H groups in total. The summed E-state index contributed by atoms with van der Waals surface area (Å²) in [4.78, 5) is 13.2. The van der Waals surface area contributed by atoms with Crippen molar-refractivity contribution in [3.05, 3.63) is 60.0 Å². The van der Waals surface area contributed by atoms with Gasteiger partial charge in [-0.2, -0.15) is 0 Å². The van der Waals surface area contributed by atoms with Gasteiger partial charge in [0.25, 0.3) is 0 Å². The second-order valence-electron chi connectivity index (χ2n) is 8.32. The van der Waals surface area contributed by atoms with Crippen LogP contribution in [0.1, 0.15) is 36.8 Å². The monoisotopic (exact) mass is 433 g/mol. The summed E-state index contributed by atoms with van der Waals surface area (Å²) in [5.41, 5.74) is 4.13. The van der Waals surface area contributed by atoms with Gasteiger partial charge in [0.15, 0.2) is 0 Å². The van der Waals surface area contributed by atoms with E-state index in [-0.39, 0.29) is 5.92 Å². The molecule has 7 nitrogen and oxygen atoms in total. The number of ether oxygens (including phenoxy) is 2. The lowest BCUT2D eigenvalue weighted by Gasteiger charge is -2.18. The summed E-state index contributed by atoms with van der Waals surface area (Å²) < 4.78 is 11.3. The lowest BCUT2D eigenvalue weighted by Crippen LogP contribution is -2.12. The summed E-state index contributed by atoms with van der Waals surface area (Å²) in [5, 5.41) is 6.60. The first-order valence-electron chi connectivity index (χ1n) is 11.1. The van der Waals surface area contributed by atoms with E-state index in [1.54, 1.807) is 19.6 Å². The third kappa shape index (κ3) is 5.73. The number of hydrogen-bond donors (Lipinski definition) is 2. The highest BCUT2D eigenvalue weighted by atomic mass is 16.5. The Morgan fingerprint density at radius 3 is 2.69 bits per heavy atom. The maximum atomic E-state index is 5.72. The van der Waals surface area contributed by atoms with Gasteiger partial charge in [0.05, 0.1) is 19.4 Å². The zero-order valence-corrected chi connectivity index (χ0v) is 19.0. The molecule has 0 saturated heterocycles. The molecule has 4 rings (SSSR count). The smallest absolute Gasteiger partial charge is 0.213 e. The van der Waals surface area contributed by atoms with Gasteiger partial charge in [0.1, 0.15) is 17.9 Å². The van der Waals surface area contributed by atoms with Crippen molar-refractivity contribution in [1.29, 1.82) is 0 Å². The average molecular weight is 434 g/mol. The van der Waals surface area contributed by atoms with Crippen LogP contribution in [0.3, 0.4) is 0 Å². The van der Waals surface area contributed by atoms with Gasteiger partial charge in [-0.15, -0.1) is 0 Å². The molecule has 1 unspecified atom stereocenters. The van der Waals surface area contributed by atoms with Gasteiger partial charge in [0.2, 0.25) is 5.88 Å². The molecule has 3 aromatic rings. The molecule has 1 fully saturated rings. The number of aromatic nitrogens is 3. The van der Waals surface area contributed by atoms with Crippen molar-refractivity contribution in [3.63, 3.8) is 0 Å². The minimum Gasteiger partial charge on any atom is -0.496 e. The highest BCUT2D eigenvalue weighted by molar-refractivity contribution is 5.61. The Kier molecular flexibility index (Phi) is 7.17. The Balaban J connectivity index is 1.38. The highest BCUT2D eigenvalue weighted by Gasteiger charge is 2.22. The van der Waals surface area contributed by atoms with Crippen LogP contribution in [0.25, 0.3) is 11.3 Å². The lowest BCUT2D eigenvalue weighted by atomic mass is 9.98. The molecule has 1 aromatic carbocycles. The fourth-order valence-electron chi connectivity index (χ4n) is 3.56. The zero-order chi connectivity index (χ0) is 22.3. The molecule has 0 amide bonds. The minimum atomic E-state index is 0.247. The standard InChI is InChI=1S/C25H31N5O2/c1-17(21-8-6-19(13-26-2)10-23(21)31-3)12-27-24-11-22(29-16-30-24)20-7-9-25(28-14-20)32-15-18-4-5-18/h6-11,14,16-18,26H,4-5,12-13,15H2,1-3H3,(H,27,29,30). The molecule has 2 aromatic heterocycles. The quantitative estimate of drug-likeness (QED) is 0.467. The van der Waals surface area contributed by atoms with Crippen molar-refractivity contribution in [1.82, 2.24) is 20.3 Å². The maximum absolute atomic E-state index is 5.72. The first-order chi connectivity index (χ1) is 15.7. The molecule has 0 radical (unpaired) electrons. The number of benzene rings is 1. The van der Waals surface area contributed by atoms with E-state index in [1.807, 2.05) is 25.2 Å². The molecule has 1 saturated carbocycles. The van der Waals surface area contributed by atoms with E-state index in [9.17, 15) is 0 Å². The van der Waals surface area contributed by atoms with Gasteiger partial charge in [-0.1, -0.05) is 19.1 Å². The third-order valence-electron chi connectivity index (χ3n) is 5.66. The van der Waals surface area contributed by atoms with E-state index >= 15 is 0 Å². The first-order valence-corrected chi connectivity index (χ1v) is 11.1. The van der Waals surface area contributed by atoms with Crippen LogP contribution in [0.5, 0.6) is 11.6 Å². The Labute approximate surface area is 189 Å². The van der Waals surface area contributed by atoms with Crippen LogP contribution in [0.15, 0.2) is 48.9 Å². The number of nitrogens with one attached hydrogen (secondary N) is 2. The molecule has 0 aliphatic heterocycles. The number of pyridine rings is 1. The fraction of sp³-hybridized carbons (Fsp3) is 0.400. The Hall–Kier alpha value is -3.19. The Morgan fingerprint density at radius 1 is 1.09 bits per heavy atom. The lowest BCUT2D eigenvalue weighted by molar-refractivity contribution is 0.288. The fourth-order valence-corrected chi connectivity index (χ4v) is 3.56. The van der Waals surface area contributed by atoms with Crippen molar-refractivity contribution >= 4 is 5.82 Å². The summed E-state index contributed by atoms with van der Waals surface area (Å²) in [7, 11) is 3.66. The summed E-state index contributed by atoms with van der Waals surface area (Å²) in [6.45, 7) is 4.48. The van der Waals surface area contributed by atoms with Crippen LogP contribution in [-0.2, 0) is 6.54 Å². The zero-order valence-electron chi connectivity index (χ0n) is 19.0. The van der Waals surface area contributed by atoms with Gasteiger partial charge >= 0.3 is 0 Å². The summed E-state index contributed by atoms with van der Waals surface area (Å²) in [6, 6.07) is 12.2. The molecule has 0 bridgehead atoms. The van der Waals surface area contributed by atoms with Crippen molar-refractivity contribution in [2.75, 3.05) is 32.6 Å². The van der Waals surface area contributed by atoms with Crippen LogP contribution in [-0.4, -0.2) is 42.3 Å². The first kappa shape index (κ1) is 22.0. The molecule has 0 spiro atoms. The van der Waals surface area contributed by atoms with Crippen LogP contribution < -0.4 is 20.1 Å². The predicted molar refractivity (Wildman–Crippen MR) is 126 cm³/mol. The van der Waals surface area contributed by atoms with Crippen molar-refractivity contribution in [2.45, 2.75) is 32.2 Å². The second kappa shape index (κ2) is 10.4. The number of hydrogen-bond acceptors (Lipinski definition) is 7. The van der Waals surface area contributed by atoms with Gasteiger partial charge in [-0.25, -0.2) is 15.0 Å². The van der Waals surface area contributed by atoms with Gasteiger partial charge in [0, 0.05) is 42.9 Å². The average Bonchev–Trinajstić information content (AvgIpc) is 3.66. The maximum Gasteiger partial charge on any atom is 0.213 e. The number of methoxy groups -OCH3 is 1. The molecule has 7 heteroatoms. The molecule has 1 atom stereocenters. The van der Waals surface area contributed by atoms with E-state index in [4.69, 9.17) is 9.47 Å². The third-order valence-corrected chi connectivity index (χ3v) is 5.66. The normalized spacial score (nSPS) is 14.1. The van der Waals surface area contributed by atoms with Crippen LogP contribution in [0.2, 0.25) is 0 Å². The van der Waals surface area contributed by atoms with Crippen LogP contribution in [0.4, 0.5) is 5.82 Å². The summed E-state index contributed by atoms with van der Waals surface area (Å²) in [5.74, 6) is 3.31. The highest BCUT2D eigenvalue weighted by Crippen LogP contribution is 2.30. The molecule has 168 valence electrons. The molecule has 2 heterocycles. The molecule has 32 heavy (non-hydrogen) atoms. The van der Waals surface area contributed by atoms with Crippen LogP contribution >= 0.6 is 0 Å². The number of rotatable bonds is 11. The van der Waals surface area contributed by atoms with E-state index in [1.165, 1.54) is 24.0 Å². The Morgan fingerprint density at radius 2 is 1.97 bits per heavy atom. The molecule has 1 aliphatic rings. The second-order valence-corrected chi connectivity index (χ2v) is 8.32. The number of nitrogens with zero attached hydrogens (tertiary/aromatic N) is 3. The largest absolute Gasteiger partial charge is 0.496 e. The van der Waals surface area contributed by atoms with Gasteiger partial charge < -0.3 is 20.1 Å². The summed E-state index contributed by atoms with van der Waals surface area (Å²) in [6.07, 6.45) is 5.91. The molecular formula is C25H31N5O2. The van der Waals surface area contributed by atoms with E-state index in [0.29, 0.717) is 11.8 Å². The van der Waals surface area contributed by atoms with Gasteiger partial charge in [-0.05, 0) is 49.1 Å². The number of anilines is 1. The summed E-state index contributed by atoms with van der Waals surface area (Å²) >= 11 is 0. The molecular weight excluding hydrogens is 402 g/mol. The molecule has 1 aliphatic carbocycles. The SMILES string of the molecule is CNCc1ccc(C(C)CNc2cc(-c3ccc(OCC4CC4)nc3)ncn2)c(OC)c1. The minimum absolute atomic E-state index is 0.247. The van der Waals surface area contributed by atoms with E-state index in [2.05, 4.69) is 50.7 Å². The van der Waals surface area contributed by atoms with Crippen LogP contribution in [0, 0.1) is 5.92 Å². The van der Waals surface area contributed by atoms with E-state index < -0.39 is 0 Å².